The SMILES string of the molecule is COC(C(=O)N(C)CC(C)(C)O)c1ccccc1. The van der Waals surface area contributed by atoms with Crippen molar-refractivity contribution < 1.29 is 14.6 Å². The number of hydrogen-bond donors (Lipinski definition) is 1. The summed E-state index contributed by atoms with van der Waals surface area (Å²) in [6, 6.07) is 9.32. The molecule has 18 heavy (non-hydrogen) atoms. The zero-order valence-corrected chi connectivity index (χ0v) is 11.4. The molecule has 0 saturated heterocycles. The highest BCUT2D eigenvalue weighted by Crippen LogP contribution is 2.19. The van der Waals surface area contributed by atoms with Crippen LogP contribution in [0.3, 0.4) is 0 Å². The maximum atomic E-state index is 12.2. The van der Waals surface area contributed by atoms with E-state index in [0.717, 1.165) is 5.56 Å². The van der Waals surface area contributed by atoms with E-state index in [4.69, 9.17) is 4.74 Å². The van der Waals surface area contributed by atoms with Gasteiger partial charge >= 0.3 is 0 Å². The molecule has 0 aliphatic heterocycles. The van der Waals surface area contributed by atoms with Gasteiger partial charge in [-0.15, -0.1) is 0 Å². The molecule has 0 radical (unpaired) electrons. The van der Waals surface area contributed by atoms with Gasteiger partial charge in [-0.1, -0.05) is 30.3 Å². The molecular formula is C14H21NO3. The Morgan fingerprint density at radius 2 is 1.94 bits per heavy atom. The molecule has 0 fully saturated rings. The van der Waals surface area contributed by atoms with Crippen LogP contribution in [-0.2, 0) is 9.53 Å². The molecule has 0 aliphatic rings. The second-order valence-electron chi connectivity index (χ2n) is 5.03. The summed E-state index contributed by atoms with van der Waals surface area (Å²) in [6.07, 6.45) is -0.626. The zero-order chi connectivity index (χ0) is 13.8. The number of hydrogen-bond acceptors (Lipinski definition) is 3. The van der Waals surface area contributed by atoms with Gasteiger partial charge in [-0.2, -0.15) is 0 Å². The highest BCUT2D eigenvalue weighted by atomic mass is 16.5. The number of carbonyl (C=O) groups excluding carboxylic acids is 1. The first-order valence-corrected chi connectivity index (χ1v) is 5.90. The number of carbonyl (C=O) groups is 1. The van der Waals surface area contributed by atoms with Crippen LogP contribution in [0.4, 0.5) is 0 Å². The van der Waals surface area contributed by atoms with E-state index < -0.39 is 11.7 Å². The van der Waals surface area contributed by atoms with Gasteiger partial charge in [0.15, 0.2) is 6.10 Å². The Kier molecular flexibility index (Phi) is 4.87. The van der Waals surface area contributed by atoms with Gasteiger partial charge in [0.1, 0.15) is 0 Å². The topological polar surface area (TPSA) is 49.8 Å². The summed E-state index contributed by atoms with van der Waals surface area (Å²) in [5, 5.41) is 9.73. The van der Waals surface area contributed by atoms with Crippen LogP contribution in [0.1, 0.15) is 25.5 Å². The lowest BCUT2D eigenvalue weighted by molar-refractivity contribution is -0.143. The Balaban J connectivity index is 2.80. The number of nitrogens with zero attached hydrogens (tertiary/aromatic N) is 1. The molecular weight excluding hydrogens is 230 g/mol. The van der Waals surface area contributed by atoms with E-state index in [0.29, 0.717) is 0 Å². The fraction of sp³-hybridized carbons (Fsp3) is 0.500. The number of benzene rings is 1. The van der Waals surface area contributed by atoms with Gasteiger partial charge in [0.2, 0.25) is 0 Å². The van der Waals surface area contributed by atoms with E-state index in [9.17, 15) is 9.90 Å². The zero-order valence-electron chi connectivity index (χ0n) is 11.4. The van der Waals surface area contributed by atoms with Gasteiger partial charge in [-0.05, 0) is 19.4 Å². The van der Waals surface area contributed by atoms with Gasteiger partial charge in [-0.25, -0.2) is 0 Å². The van der Waals surface area contributed by atoms with Crippen molar-refractivity contribution >= 4 is 5.91 Å². The molecule has 1 atom stereocenters. The van der Waals surface area contributed by atoms with Crippen LogP contribution in [0.2, 0.25) is 0 Å². The van der Waals surface area contributed by atoms with Crippen molar-refractivity contribution in [1.82, 2.24) is 4.90 Å². The first-order valence-electron chi connectivity index (χ1n) is 5.90. The van der Waals surface area contributed by atoms with E-state index >= 15 is 0 Å². The molecule has 0 saturated carbocycles. The fourth-order valence-corrected chi connectivity index (χ4v) is 1.87. The summed E-state index contributed by atoms with van der Waals surface area (Å²) in [5.74, 6) is -0.161. The van der Waals surface area contributed by atoms with E-state index in [1.165, 1.54) is 12.0 Å². The molecule has 0 aliphatic carbocycles. The van der Waals surface area contributed by atoms with Crippen molar-refractivity contribution in [2.45, 2.75) is 25.6 Å². The smallest absolute Gasteiger partial charge is 0.256 e. The van der Waals surface area contributed by atoms with Gasteiger partial charge in [0, 0.05) is 20.7 Å². The predicted octanol–water partition coefficient (Wildman–Crippen LogP) is 1.60. The van der Waals surface area contributed by atoms with Crippen molar-refractivity contribution in [1.29, 1.82) is 0 Å². The van der Waals surface area contributed by atoms with E-state index in [1.807, 2.05) is 30.3 Å². The molecule has 1 amide bonds. The number of likely N-dealkylation sites (N-methyl/N-ethyl adjacent to an activating group) is 1. The highest BCUT2D eigenvalue weighted by Gasteiger charge is 2.26. The number of amides is 1. The molecule has 1 aromatic rings. The maximum absolute atomic E-state index is 12.2. The summed E-state index contributed by atoms with van der Waals surface area (Å²) >= 11 is 0. The Hall–Kier alpha value is -1.39. The van der Waals surface area contributed by atoms with Gasteiger partial charge in [0.05, 0.1) is 5.60 Å². The lowest BCUT2D eigenvalue weighted by Gasteiger charge is -2.28. The quantitative estimate of drug-likeness (QED) is 0.865. The highest BCUT2D eigenvalue weighted by molar-refractivity contribution is 5.82. The number of ether oxygens (including phenoxy) is 1. The molecule has 0 bridgehead atoms. The standard InChI is InChI=1S/C14H21NO3/c1-14(2,17)10-15(3)13(16)12(18-4)11-8-6-5-7-9-11/h5-9,12,17H,10H2,1-4H3. The van der Waals surface area contributed by atoms with Gasteiger partial charge in [-0.3, -0.25) is 4.79 Å². The maximum Gasteiger partial charge on any atom is 0.256 e. The number of methoxy groups -OCH3 is 1. The normalized spacial score (nSPS) is 13.2. The second kappa shape index (κ2) is 5.98. The van der Waals surface area contributed by atoms with Crippen molar-refractivity contribution in [2.24, 2.45) is 0 Å². The minimum atomic E-state index is -0.917. The molecule has 4 heteroatoms. The first kappa shape index (κ1) is 14.7. The average Bonchev–Trinajstić information content (AvgIpc) is 2.29. The average molecular weight is 251 g/mol. The molecule has 1 unspecified atom stereocenters. The lowest BCUT2D eigenvalue weighted by Crippen LogP contribution is -2.42. The summed E-state index contributed by atoms with van der Waals surface area (Å²) < 4.78 is 5.26. The molecule has 4 nitrogen and oxygen atoms in total. The van der Waals surface area contributed by atoms with E-state index in [2.05, 4.69) is 0 Å². The molecule has 0 heterocycles. The Morgan fingerprint density at radius 3 is 2.39 bits per heavy atom. The van der Waals surface area contributed by atoms with Gasteiger partial charge < -0.3 is 14.7 Å². The first-order chi connectivity index (χ1) is 8.35. The van der Waals surface area contributed by atoms with Crippen LogP contribution in [0.5, 0.6) is 0 Å². The third kappa shape index (κ3) is 4.13. The fourth-order valence-electron chi connectivity index (χ4n) is 1.87. The Labute approximate surface area is 108 Å². The van der Waals surface area contributed by atoms with Gasteiger partial charge in [0.25, 0.3) is 5.91 Å². The predicted molar refractivity (Wildman–Crippen MR) is 70.1 cm³/mol. The molecule has 100 valence electrons. The summed E-state index contributed by atoms with van der Waals surface area (Å²) in [5.41, 5.74) is -0.105. The van der Waals surface area contributed by atoms with Crippen LogP contribution in [0, 0.1) is 0 Å². The van der Waals surface area contributed by atoms with E-state index in [-0.39, 0.29) is 12.5 Å². The van der Waals surface area contributed by atoms with Crippen LogP contribution in [-0.4, -0.2) is 42.2 Å². The summed E-state index contributed by atoms with van der Waals surface area (Å²) in [4.78, 5) is 13.7. The van der Waals surface area contributed by atoms with Crippen LogP contribution >= 0.6 is 0 Å². The van der Waals surface area contributed by atoms with Crippen molar-refractivity contribution in [3.63, 3.8) is 0 Å². The van der Waals surface area contributed by atoms with E-state index in [1.54, 1.807) is 20.9 Å². The van der Waals surface area contributed by atoms with Crippen LogP contribution < -0.4 is 0 Å². The summed E-state index contributed by atoms with van der Waals surface area (Å²) in [6.45, 7) is 3.60. The lowest BCUT2D eigenvalue weighted by atomic mass is 10.1. The Morgan fingerprint density at radius 1 is 1.39 bits per heavy atom. The second-order valence-corrected chi connectivity index (χ2v) is 5.03. The molecule has 0 spiro atoms. The minimum absolute atomic E-state index is 0.161. The third-order valence-corrected chi connectivity index (χ3v) is 2.56. The molecule has 1 aromatic carbocycles. The number of rotatable bonds is 5. The molecule has 1 rings (SSSR count). The Bertz CT molecular complexity index is 384. The monoisotopic (exact) mass is 251 g/mol. The largest absolute Gasteiger partial charge is 0.389 e. The van der Waals surface area contributed by atoms with Crippen molar-refractivity contribution in [3.8, 4) is 0 Å². The molecule has 1 N–H and O–H groups in total. The van der Waals surface area contributed by atoms with Crippen molar-refractivity contribution in [3.05, 3.63) is 35.9 Å². The minimum Gasteiger partial charge on any atom is -0.389 e. The van der Waals surface area contributed by atoms with Crippen molar-refractivity contribution in [2.75, 3.05) is 20.7 Å². The van der Waals surface area contributed by atoms with Crippen LogP contribution in [0.15, 0.2) is 30.3 Å². The van der Waals surface area contributed by atoms with Crippen LogP contribution in [0.25, 0.3) is 0 Å². The third-order valence-electron chi connectivity index (χ3n) is 2.56. The summed E-state index contributed by atoms with van der Waals surface area (Å²) in [7, 11) is 3.17. The molecule has 0 aromatic heterocycles. The number of aliphatic hydroxyl groups is 1.